The molecule has 0 amide bonds. The van der Waals surface area contributed by atoms with Crippen molar-refractivity contribution >= 4 is 23.1 Å². The first kappa shape index (κ1) is 13.2. The Bertz CT molecular complexity index is 626. The van der Waals surface area contributed by atoms with E-state index >= 15 is 0 Å². The number of nitrogens with zero attached hydrogens (tertiary/aromatic N) is 1. The molecular formula is C14H10ClNO3. The molecule has 0 N–H and O–H groups in total. The predicted molar refractivity (Wildman–Crippen MR) is 72.6 cm³/mol. The van der Waals surface area contributed by atoms with Gasteiger partial charge in [-0.2, -0.15) is 0 Å². The van der Waals surface area contributed by atoms with E-state index in [0.29, 0.717) is 16.1 Å². The van der Waals surface area contributed by atoms with E-state index in [1.54, 1.807) is 24.3 Å². The third kappa shape index (κ3) is 3.17. The van der Waals surface area contributed by atoms with E-state index < -0.39 is 4.92 Å². The molecule has 0 atom stereocenters. The Labute approximate surface area is 114 Å². The molecule has 0 saturated carbocycles. The highest BCUT2D eigenvalue weighted by Crippen LogP contribution is 2.23. The van der Waals surface area contributed by atoms with Gasteiger partial charge in [-0.1, -0.05) is 41.9 Å². The van der Waals surface area contributed by atoms with Crippen molar-refractivity contribution in [2.45, 2.75) is 6.42 Å². The molecule has 4 nitrogen and oxygen atoms in total. The first-order valence-electron chi connectivity index (χ1n) is 5.59. The minimum atomic E-state index is -0.507. The zero-order chi connectivity index (χ0) is 13.8. The minimum absolute atomic E-state index is 0.0462. The molecule has 0 aliphatic carbocycles. The van der Waals surface area contributed by atoms with Crippen LogP contribution in [0.4, 0.5) is 5.69 Å². The summed E-state index contributed by atoms with van der Waals surface area (Å²) < 4.78 is 0. The van der Waals surface area contributed by atoms with Gasteiger partial charge in [0, 0.05) is 29.1 Å². The number of halogens is 1. The molecule has 5 heteroatoms. The smallest absolute Gasteiger partial charge is 0.269 e. The largest absolute Gasteiger partial charge is 0.294 e. The molecule has 0 aromatic heterocycles. The maximum Gasteiger partial charge on any atom is 0.269 e. The van der Waals surface area contributed by atoms with Gasteiger partial charge < -0.3 is 0 Å². The third-order valence-electron chi connectivity index (χ3n) is 2.69. The van der Waals surface area contributed by atoms with Gasteiger partial charge in [-0.05, 0) is 11.6 Å². The second kappa shape index (κ2) is 5.63. The summed E-state index contributed by atoms with van der Waals surface area (Å²) in [5, 5.41) is 11.1. The number of nitro benzene ring substituents is 1. The Balaban J connectivity index is 2.26. The van der Waals surface area contributed by atoms with Crippen molar-refractivity contribution in [1.29, 1.82) is 0 Å². The fourth-order valence-corrected chi connectivity index (χ4v) is 1.89. The first-order valence-corrected chi connectivity index (χ1v) is 5.97. The SMILES string of the molecule is O=C(Cc1cc([N+](=O)[O-])ccc1Cl)c1ccccc1. The van der Waals surface area contributed by atoms with Crippen molar-refractivity contribution < 1.29 is 9.72 Å². The van der Waals surface area contributed by atoms with Crippen LogP contribution in [0.5, 0.6) is 0 Å². The number of hydrogen-bond donors (Lipinski definition) is 0. The van der Waals surface area contributed by atoms with E-state index in [2.05, 4.69) is 0 Å². The lowest BCUT2D eigenvalue weighted by atomic mass is 10.0. The molecule has 2 aromatic carbocycles. The van der Waals surface area contributed by atoms with Crippen LogP contribution in [0.25, 0.3) is 0 Å². The molecule has 0 spiro atoms. The molecule has 96 valence electrons. The Morgan fingerprint density at radius 1 is 1.16 bits per heavy atom. The van der Waals surface area contributed by atoms with Crippen LogP contribution in [0.3, 0.4) is 0 Å². The second-order valence-corrected chi connectivity index (χ2v) is 4.41. The molecule has 0 aliphatic rings. The number of ketones is 1. The number of nitro groups is 1. The van der Waals surface area contributed by atoms with Gasteiger partial charge in [0.1, 0.15) is 0 Å². The number of carbonyl (C=O) groups is 1. The third-order valence-corrected chi connectivity index (χ3v) is 3.06. The molecule has 2 aromatic rings. The lowest BCUT2D eigenvalue weighted by Crippen LogP contribution is -2.04. The molecule has 0 saturated heterocycles. The Morgan fingerprint density at radius 2 is 1.84 bits per heavy atom. The van der Waals surface area contributed by atoms with Crippen LogP contribution < -0.4 is 0 Å². The van der Waals surface area contributed by atoms with Gasteiger partial charge in [-0.3, -0.25) is 14.9 Å². The average molecular weight is 276 g/mol. The molecule has 0 unspecified atom stereocenters. The number of benzene rings is 2. The molecule has 0 aliphatic heterocycles. The standard InChI is InChI=1S/C14H10ClNO3/c15-13-7-6-12(16(18)19)8-11(13)9-14(17)10-4-2-1-3-5-10/h1-8H,9H2. The van der Waals surface area contributed by atoms with Crippen LogP contribution in [-0.4, -0.2) is 10.7 Å². The van der Waals surface area contributed by atoms with Crippen molar-refractivity contribution in [3.63, 3.8) is 0 Å². The van der Waals surface area contributed by atoms with E-state index in [1.807, 2.05) is 6.07 Å². The van der Waals surface area contributed by atoms with Crippen molar-refractivity contribution in [2.75, 3.05) is 0 Å². The maximum atomic E-state index is 12.0. The van der Waals surface area contributed by atoms with E-state index in [0.717, 1.165) is 0 Å². The maximum absolute atomic E-state index is 12.0. The fraction of sp³-hybridized carbons (Fsp3) is 0.0714. The summed E-state index contributed by atoms with van der Waals surface area (Å²) in [6, 6.07) is 12.8. The van der Waals surface area contributed by atoms with E-state index in [9.17, 15) is 14.9 Å². The van der Waals surface area contributed by atoms with E-state index in [-0.39, 0.29) is 17.9 Å². The number of Topliss-reactive ketones (excluding diaryl/α,β-unsaturated/α-hetero) is 1. The monoisotopic (exact) mass is 275 g/mol. The van der Waals surface area contributed by atoms with Gasteiger partial charge in [-0.25, -0.2) is 0 Å². The number of rotatable bonds is 4. The molecule has 0 fully saturated rings. The zero-order valence-corrected chi connectivity index (χ0v) is 10.6. The molecule has 0 bridgehead atoms. The summed E-state index contributed by atoms with van der Waals surface area (Å²) in [6.07, 6.45) is 0.0462. The summed E-state index contributed by atoms with van der Waals surface area (Å²) >= 11 is 5.96. The van der Waals surface area contributed by atoms with Gasteiger partial charge in [0.25, 0.3) is 5.69 Å². The van der Waals surface area contributed by atoms with Gasteiger partial charge in [0.15, 0.2) is 5.78 Å². The lowest BCUT2D eigenvalue weighted by Gasteiger charge is -2.04. The van der Waals surface area contributed by atoms with Crippen molar-refractivity contribution in [1.82, 2.24) is 0 Å². The molecule has 0 radical (unpaired) electrons. The van der Waals surface area contributed by atoms with Gasteiger partial charge in [0.05, 0.1) is 4.92 Å². The van der Waals surface area contributed by atoms with Gasteiger partial charge >= 0.3 is 0 Å². The highest BCUT2D eigenvalue weighted by molar-refractivity contribution is 6.31. The quantitative estimate of drug-likeness (QED) is 0.486. The van der Waals surface area contributed by atoms with Crippen LogP contribution in [0.1, 0.15) is 15.9 Å². The number of hydrogen-bond acceptors (Lipinski definition) is 3. The molecule has 19 heavy (non-hydrogen) atoms. The first-order chi connectivity index (χ1) is 9.08. The van der Waals surface area contributed by atoms with E-state index in [4.69, 9.17) is 11.6 Å². The second-order valence-electron chi connectivity index (χ2n) is 4.00. The Kier molecular flexibility index (Phi) is 3.92. The number of carbonyl (C=O) groups excluding carboxylic acids is 1. The average Bonchev–Trinajstić information content (AvgIpc) is 2.42. The summed E-state index contributed by atoms with van der Waals surface area (Å²) in [4.78, 5) is 22.2. The lowest BCUT2D eigenvalue weighted by molar-refractivity contribution is -0.384. The van der Waals surface area contributed by atoms with Crippen LogP contribution in [0, 0.1) is 10.1 Å². The van der Waals surface area contributed by atoms with Crippen LogP contribution in [-0.2, 0) is 6.42 Å². The summed E-state index contributed by atoms with van der Waals surface area (Å²) in [5.41, 5.74) is 0.954. The summed E-state index contributed by atoms with van der Waals surface area (Å²) in [5.74, 6) is -0.122. The van der Waals surface area contributed by atoms with Crippen LogP contribution >= 0.6 is 11.6 Å². The summed E-state index contributed by atoms with van der Waals surface area (Å²) in [7, 11) is 0. The van der Waals surface area contributed by atoms with Gasteiger partial charge in [-0.15, -0.1) is 0 Å². The zero-order valence-electron chi connectivity index (χ0n) is 9.88. The van der Waals surface area contributed by atoms with Crippen molar-refractivity contribution in [3.05, 3.63) is 74.8 Å². The van der Waals surface area contributed by atoms with Crippen molar-refractivity contribution in [2.24, 2.45) is 0 Å². The Hall–Kier alpha value is -2.20. The van der Waals surface area contributed by atoms with Crippen LogP contribution in [0.2, 0.25) is 5.02 Å². The predicted octanol–water partition coefficient (Wildman–Crippen LogP) is 3.67. The number of non-ortho nitro benzene ring substituents is 1. The molecular weight excluding hydrogens is 266 g/mol. The fourth-order valence-electron chi connectivity index (χ4n) is 1.71. The van der Waals surface area contributed by atoms with E-state index in [1.165, 1.54) is 18.2 Å². The van der Waals surface area contributed by atoms with Gasteiger partial charge in [0.2, 0.25) is 0 Å². The van der Waals surface area contributed by atoms with Crippen molar-refractivity contribution in [3.8, 4) is 0 Å². The molecule has 2 rings (SSSR count). The Morgan fingerprint density at radius 3 is 2.47 bits per heavy atom. The minimum Gasteiger partial charge on any atom is -0.294 e. The highest BCUT2D eigenvalue weighted by Gasteiger charge is 2.13. The van der Waals surface area contributed by atoms with Crippen LogP contribution in [0.15, 0.2) is 48.5 Å². The molecule has 0 heterocycles. The summed E-state index contributed by atoms with van der Waals surface area (Å²) in [6.45, 7) is 0. The normalized spacial score (nSPS) is 10.2. The topological polar surface area (TPSA) is 60.2 Å². The highest BCUT2D eigenvalue weighted by atomic mass is 35.5.